The zero-order valence-corrected chi connectivity index (χ0v) is 13.8. The highest BCUT2D eigenvalue weighted by molar-refractivity contribution is 6.10. The fraction of sp³-hybridized carbons (Fsp3) is 0.222. The van der Waals surface area contributed by atoms with E-state index < -0.39 is 0 Å². The minimum absolute atomic E-state index is 0.174. The Labute approximate surface area is 141 Å². The number of nitrogens with two attached hydrogens (primary N) is 1. The molecule has 0 aliphatic carbocycles. The molecule has 0 bridgehead atoms. The van der Waals surface area contributed by atoms with Crippen molar-refractivity contribution in [3.8, 4) is 5.75 Å². The van der Waals surface area contributed by atoms with Crippen LogP contribution in [0.3, 0.4) is 0 Å². The Kier molecular flexibility index (Phi) is 4.48. The van der Waals surface area contributed by atoms with Gasteiger partial charge in [0, 0.05) is 31.2 Å². The number of carbonyl (C=O) groups excluding carboxylic acids is 1. The average molecular weight is 324 g/mol. The van der Waals surface area contributed by atoms with Crippen molar-refractivity contribution < 1.29 is 9.53 Å². The van der Waals surface area contributed by atoms with Crippen LogP contribution >= 0.6 is 0 Å². The normalized spacial score (nSPS) is 15.5. The lowest BCUT2D eigenvalue weighted by Gasteiger charge is -2.31. The quantitative estimate of drug-likeness (QED) is 0.688. The number of ether oxygens (including phenoxy) is 1. The molecule has 0 fully saturated rings. The van der Waals surface area contributed by atoms with Crippen molar-refractivity contribution in [3.63, 3.8) is 0 Å². The van der Waals surface area contributed by atoms with Gasteiger partial charge in [-0.25, -0.2) is 0 Å². The first-order valence-electron chi connectivity index (χ1n) is 7.70. The smallest absolute Gasteiger partial charge is 0.294 e. The van der Waals surface area contributed by atoms with Crippen LogP contribution in [0, 0.1) is 0 Å². The van der Waals surface area contributed by atoms with E-state index >= 15 is 0 Å². The molecule has 1 amide bonds. The number of likely N-dealkylation sites (N-methyl/N-ethyl adjacent to an activating group) is 1. The summed E-state index contributed by atoms with van der Waals surface area (Å²) in [6, 6.07) is 8.98. The van der Waals surface area contributed by atoms with Gasteiger partial charge >= 0.3 is 0 Å². The zero-order chi connectivity index (χ0) is 17.1. The third kappa shape index (κ3) is 3.38. The number of benzene rings is 1. The maximum absolute atomic E-state index is 12.9. The zero-order valence-electron chi connectivity index (χ0n) is 13.8. The second kappa shape index (κ2) is 6.72. The molecule has 0 unspecified atom stereocenters. The average Bonchev–Trinajstić information content (AvgIpc) is 2.56. The van der Waals surface area contributed by atoms with Crippen LogP contribution in [0.2, 0.25) is 0 Å². The van der Waals surface area contributed by atoms with Crippen molar-refractivity contribution in [2.45, 2.75) is 0 Å². The Balaban J connectivity index is 1.99. The Morgan fingerprint density at radius 1 is 1.25 bits per heavy atom. The first-order valence-corrected chi connectivity index (χ1v) is 7.70. The number of aromatic nitrogens is 1. The highest BCUT2D eigenvalue weighted by atomic mass is 16.5. The summed E-state index contributed by atoms with van der Waals surface area (Å²) < 4.78 is 5.82. The van der Waals surface area contributed by atoms with Gasteiger partial charge in [0.05, 0.1) is 5.69 Å². The van der Waals surface area contributed by atoms with Gasteiger partial charge in [0.1, 0.15) is 0 Å². The van der Waals surface area contributed by atoms with Gasteiger partial charge in [-0.1, -0.05) is 0 Å². The molecule has 1 aliphatic heterocycles. The van der Waals surface area contributed by atoms with Crippen molar-refractivity contribution in [1.82, 2.24) is 9.88 Å². The van der Waals surface area contributed by atoms with Gasteiger partial charge in [0.15, 0.2) is 11.5 Å². The second-order valence-corrected chi connectivity index (χ2v) is 5.88. The Hall–Kier alpha value is -2.86. The van der Waals surface area contributed by atoms with Crippen molar-refractivity contribution >= 4 is 23.4 Å². The molecule has 2 N–H and O–H groups in total. The maximum atomic E-state index is 12.9. The van der Waals surface area contributed by atoms with Crippen LogP contribution < -0.4 is 15.4 Å². The van der Waals surface area contributed by atoms with E-state index in [0.717, 1.165) is 12.1 Å². The monoisotopic (exact) mass is 324 g/mol. The largest absolute Gasteiger partial charge is 0.449 e. The van der Waals surface area contributed by atoms with Gasteiger partial charge in [0.25, 0.3) is 5.91 Å². The van der Waals surface area contributed by atoms with Gasteiger partial charge in [-0.05, 0) is 56.1 Å². The Bertz CT molecular complexity index is 772. The minimum atomic E-state index is -0.174. The van der Waals surface area contributed by atoms with Crippen LogP contribution in [0.25, 0.3) is 6.08 Å². The number of carbonyl (C=O) groups is 1. The van der Waals surface area contributed by atoms with Gasteiger partial charge in [-0.3, -0.25) is 9.78 Å². The van der Waals surface area contributed by atoms with Crippen molar-refractivity contribution in [2.75, 3.05) is 37.8 Å². The summed E-state index contributed by atoms with van der Waals surface area (Å²) in [6.07, 6.45) is 5.09. The molecule has 1 aromatic carbocycles. The fourth-order valence-corrected chi connectivity index (χ4v) is 2.46. The molecule has 1 aliphatic rings. The maximum Gasteiger partial charge on any atom is 0.294 e. The topological polar surface area (TPSA) is 71.7 Å². The highest BCUT2D eigenvalue weighted by Crippen LogP contribution is 2.37. The number of rotatable bonds is 4. The van der Waals surface area contributed by atoms with Crippen LogP contribution in [-0.4, -0.2) is 43.0 Å². The van der Waals surface area contributed by atoms with Crippen LogP contribution in [0.4, 0.5) is 11.4 Å². The number of hydrogen-bond donors (Lipinski definition) is 1. The van der Waals surface area contributed by atoms with Crippen LogP contribution in [0.5, 0.6) is 5.75 Å². The van der Waals surface area contributed by atoms with E-state index in [-0.39, 0.29) is 11.7 Å². The summed E-state index contributed by atoms with van der Waals surface area (Å²) >= 11 is 0. The highest BCUT2D eigenvalue weighted by Gasteiger charge is 2.30. The molecule has 0 radical (unpaired) electrons. The van der Waals surface area contributed by atoms with Crippen LogP contribution in [0.1, 0.15) is 5.56 Å². The van der Waals surface area contributed by atoms with Crippen LogP contribution in [0.15, 0.2) is 48.5 Å². The molecule has 2 heterocycles. The minimum Gasteiger partial charge on any atom is -0.449 e. The lowest BCUT2D eigenvalue weighted by atomic mass is 10.1. The summed E-state index contributed by atoms with van der Waals surface area (Å²) in [6.45, 7) is 1.29. The second-order valence-electron chi connectivity index (χ2n) is 5.88. The molecular weight excluding hydrogens is 304 g/mol. The van der Waals surface area contributed by atoms with E-state index in [2.05, 4.69) is 4.98 Å². The third-order valence-corrected chi connectivity index (χ3v) is 3.72. The SMILES string of the molecule is CN(C)CCN1C(=O)/C(=C\c2ccncc2)Oc2ccc(N)cc21. The molecule has 3 rings (SSSR count). The molecule has 6 nitrogen and oxygen atoms in total. The first-order chi connectivity index (χ1) is 11.5. The Morgan fingerprint density at radius 2 is 2.00 bits per heavy atom. The van der Waals surface area contributed by atoms with E-state index in [1.165, 1.54) is 0 Å². The predicted molar refractivity (Wildman–Crippen MR) is 94.6 cm³/mol. The summed E-state index contributed by atoms with van der Waals surface area (Å²) in [5.74, 6) is 0.742. The van der Waals surface area contributed by atoms with E-state index in [0.29, 0.717) is 23.7 Å². The van der Waals surface area contributed by atoms with E-state index in [9.17, 15) is 4.79 Å². The fourth-order valence-electron chi connectivity index (χ4n) is 2.46. The van der Waals surface area contributed by atoms with Crippen molar-refractivity contribution in [1.29, 1.82) is 0 Å². The number of pyridine rings is 1. The summed E-state index contributed by atoms with van der Waals surface area (Å²) in [5, 5.41) is 0. The molecule has 0 saturated heterocycles. The number of nitrogen functional groups attached to an aromatic ring is 1. The van der Waals surface area contributed by atoms with Crippen molar-refractivity contribution in [3.05, 3.63) is 54.0 Å². The molecule has 6 heteroatoms. The number of nitrogens with zero attached hydrogens (tertiary/aromatic N) is 3. The summed E-state index contributed by atoms with van der Waals surface area (Å²) in [5.41, 5.74) is 8.04. The number of anilines is 2. The third-order valence-electron chi connectivity index (χ3n) is 3.72. The molecule has 1 aromatic heterocycles. The molecule has 2 aromatic rings. The molecule has 124 valence electrons. The molecule has 0 spiro atoms. The number of amides is 1. The summed E-state index contributed by atoms with van der Waals surface area (Å²) in [7, 11) is 3.94. The molecule has 0 saturated carbocycles. The van der Waals surface area contributed by atoms with E-state index in [1.54, 1.807) is 41.6 Å². The molecular formula is C18H20N4O2. The molecule has 0 atom stereocenters. The number of fused-ring (bicyclic) bond motifs is 1. The lowest BCUT2D eigenvalue weighted by Crippen LogP contribution is -2.41. The van der Waals surface area contributed by atoms with E-state index in [4.69, 9.17) is 10.5 Å². The summed E-state index contributed by atoms with van der Waals surface area (Å²) in [4.78, 5) is 20.6. The van der Waals surface area contributed by atoms with Crippen molar-refractivity contribution in [2.24, 2.45) is 0 Å². The standard InChI is InChI=1S/C18H20N4O2/c1-21(2)9-10-22-15-12-14(19)3-4-16(15)24-17(18(22)23)11-13-5-7-20-8-6-13/h3-8,11-12H,9-10,19H2,1-2H3/b17-11+. The lowest BCUT2D eigenvalue weighted by molar-refractivity contribution is -0.117. The van der Waals surface area contributed by atoms with E-state index in [1.807, 2.05) is 31.1 Å². The van der Waals surface area contributed by atoms with Gasteiger partial charge < -0.3 is 20.3 Å². The Morgan fingerprint density at radius 3 is 2.71 bits per heavy atom. The van der Waals surface area contributed by atoms with Gasteiger partial charge in [-0.2, -0.15) is 0 Å². The predicted octanol–water partition coefficient (Wildman–Crippen LogP) is 1.99. The number of hydrogen-bond acceptors (Lipinski definition) is 5. The van der Waals surface area contributed by atoms with Gasteiger partial charge in [0.2, 0.25) is 0 Å². The van der Waals surface area contributed by atoms with Crippen LogP contribution in [-0.2, 0) is 4.79 Å². The first kappa shape index (κ1) is 16.0. The molecule has 24 heavy (non-hydrogen) atoms. The van der Waals surface area contributed by atoms with Gasteiger partial charge in [-0.15, -0.1) is 0 Å².